The van der Waals surface area contributed by atoms with Gasteiger partial charge in [0.05, 0.1) is 17.9 Å². The van der Waals surface area contributed by atoms with Crippen molar-refractivity contribution in [2.24, 2.45) is 0 Å². The largest absolute Gasteiger partial charge is 0.455 e. The number of nitrogens with zero attached hydrogens (tertiary/aromatic N) is 1. The Morgan fingerprint density at radius 3 is 2.43 bits per heavy atom. The molecule has 1 aromatic carbocycles. The lowest BCUT2D eigenvalue weighted by atomic mass is 9.93. The molecule has 1 aromatic rings. The normalized spacial score (nSPS) is 22.0. The van der Waals surface area contributed by atoms with Crippen LogP contribution >= 0.6 is 0 Å². The summed E-state index contributed by atoms with van der Waals surface area (Å²) in [7, 11) is -3.09. The highest BCUT2D eigenvalue weighted by atomic mass is 32.2. The van der Waals surface area contributed by atoms with Crippen LogP contribution in [0.15, 0.2) is 24.3 Å². The van der Waals surface area contributed by atoms with Gasteiger partial charge in [-0.1, -0.05) is 43.5 Å². The molecular formula is C21H29NO5S. The van der Waals surface area contributed by atoms with Gasteiger partial charge in [-0.05, 0) is 37.3 Å². The Labute approximate surface area is 167 Å². The second-order valence-corrected chi connectivity index (χ2v) is 10.1. The first-order valence-corrected chi connectivity index (χ1v) is 11.9. The molecule has 0 N–H and O–H groups in total. The first kappa shape index (κ1) is 20.8. The summed E-state index contributed by atoms with van der Waals surface area (Å²) >= 11 is 0. The van der Waals surface area contributed by atoms with E-state index in [0.717, 1.165) is 43.2 Å². The molecule has 0 spiro atoms. The molecule has 2 aliphatic rings. The van der Waals surface area contributed by atoms with E-state index in [-0.39, 0.29) is 42.5 Å². The van der Waals surface area contributed by atoms with Crippen LogP contribution < -0.4 is 0 Å². The molecule has 7 heteroatoms. The van der Waals surface area contributed by atoms with E-state index < -0.39 is 15.8 Å². The minimum absolute atomic E-state index is 0.0202. The van der Waals surface area contributed by atoms with Gasteiger partial charge in [0.1, 0.15) is 0 Å². The van der Waals surface area contributed by atoms with Gasteiger partial charge in [0.15, 0.2) is 16.4 Å². The minimum atomic E-state index is -3.09. The molecule has 3 rings (SSSR count). The number of hydrogen-bond acceptors (Lipinski definition) is 5. The van der Waals surface area contributed by atoms with Crippen molar-refractivity contribution in [3.63, 3.8) is 0 Å². The minimum Gasteiger partial charge on any atom is -0.455 e. The number of benzene rings is 1. The molecule has 2 fully saturated rings. The van der Waals surface area contributed by atoms with Crippen molar-refractivity contribution in [1.82, 2.24) is 4.90 Å². The highest BCUT2D eigenvalue weighted by molar-refractivity contribution is 7.91. The number of amides is 1. The lowest BCUT2D eigenvalue weighted by Crippen LogP contribution is -2.50. The molecule has 1 aliphatic heterocycles. The van der Waals surface area contributed by atoms with Crippen LogP contribution in [0.5, 0.6) is 0 Å². The zero-order valence-corrected chi connectivity index (χ0v) is 17.2. The Balaban J connectivity index is 1.62. The van der Waals surface area contributed by atoms with Crippen LogP contribution in [0, 0.1) is 6.92 Å². The fourth-order valence-corrected chi connectivity index (χ4v) is 6.00. The number of rotatable bonds is 6. The average Bonchev–Trinajstić information content (AvgIpc) is 3.02. The Morgan fingerprint density at radius 1 is 1.07 bits per heavy atom. The summed E-state index contributed by atoms with van der Waals surface area (Å²) in [6.45, 7) is 1.61. The molecule has 6 nitrogen and oxygen atoms in total. The van der Waals surface area contributed by atoms with E-state index in [2.05, 4.69) is 0 Å². The Bertz CT molecular complexity index is 814. The fourth-order valence-electron chi connectivity index (χ4n) is 4.29. The topological polar surface area (TPSA) is 80.8 Å². The van der Waals surface area contributed by atoms with Gasteiger partial charge < -0.3 is 9.64 Å². The van der Waals surface area contributed by atoms with Gasteiger partial charge >= 0.3 is 5.97 Å². The first-order chi connectivity index (χ1) is 13.4. The van der Waals surface area contributed by atoms with Gasteiger partial charge in [-0.25, -0.2) is 8.42 Å². The fraction of sp³-hybridized carbons (Fsp3) is 0.619. The van der Waals surface area contributed by atoms with E-state index in [1.165, 1.54) is 0 Å². The number of carbonyl (C=O) groups excluding carboxylic acids is 2. The summed E-state index contributed by atoms with van der Waals surface area (Å²) in [5, 5.41) is 0. The molecule has 1 heterocycles. The van der Waals surface area contributed by atoms with Crippen LogP contribution in [0.3, 0.4) is 0 Å². The van der Waals surface area contributed by atoms with E-state index in [1.54, 1.807) is 4.90 Å². The number of ether oxygens (including phenoxy) is 1. The molecule has 1 saturated carbocycles. The molecule has 1 amide bonds. The van der Waals surface area contributed by atoms with Crippen molar-refractivity contribution in [1.29, 1.82) is 0 Å². The Kier molecular flexibility index (Phi) is 6.75. The third-order valence-electron chi connectivity index (χ3n) is 5.81. The molecular weight excluding hydrogens is 378 g/mol. The SMILES string of the molecule is Cc1ccccc1CC(=O)OCC(=O)N(C1CCCCC1)C1CCS(=O)(=O)C1. The number of aryl methyl sites for hydroxylation is 1. The van der Waals surface area contributed by atoms with Gasteiger partial charge in [0, 0.05) is 12.1 Å². The van der Waals surface area contributed by atoms with E-state index >= 15 is 0 Å². The summed E-state index contributed by atoms with van der Waals surface area (Å²) in [5.41, 5.74) is 1.89. The molecule has 0 bridgehead atoms. The maximum Gasteiger partial charge on any atom is 0.310 e. The second kappa shape index (κ2) is 9.07. The summed E-state index contributed by atoms with van der Waals surface area (Å²) in [6.07, 6.45) is 5.61. The number of carbonyl (C=O) groups is 2. The monoisotopic (exact) mass is 407 g/mol. The standard InChI is InChI=1S/C21H29NO5S/c1-16-7-5-6-8-17(16)13-21(24)27-14-20(23)22(18-9-3-2-4-10-18)19-11-12-28(25,26)15-19/h5-8,18-19H,2-4,9-15H2,1H3. The van der Waals surface area contributed by atoms with Crippen molar-refractivity contribution in [3.05, 3.63) is 35.4 Å². The van der Waals surface area contributed by atoms with Crippen LogP contribution in [0.25, 0.3) is 0 Å². The summed E-state index contributed by atoms with van der Waals surface area (Å²) < 4.78 is 29.1. The third kappa shape index (κ3) is 5.34. The highest BCUT2D eigenvalue weighted by Gasteiger charge is 2.38. The highest BCUT2D eigenvalue weighted by Crippen LogP contribution is 2.28. The van der Waals surface area contributed by atoms with Crippen molar-refractivity contribution in [3.8, 4) is 0 Å². The smallest absolute Gasteiger partial charge is 0.310 e. The van der Waals surface area contributed by atoms with E-state index in [4.69, 9.17) is 4.74 Å². The lowest BCUT2D eigenvalue weighted by Gasteiger charge is -2.38. The first-order valence-electron chi connectivity index (χ1n) is 10.1. The van der Waals surface area contributed by atoms with Crippen LogP contribution in [-0.4, -0.2) is 55.4 Å². The molecule has 0 aromatic heterocycles. The van der Waals surface area contributed by atoms with Crippen molar-refractivity contribution in [2.45, 2.75) is 64.0 Å². The van der Waals surface area contributed by atoms with Crippen LogP contribution in [0.4, 0.5) is 0 Å². The summed E-state index contributed by atoms with van der Waals surface area (Å²) in [5.74, 6) is -0.564. The third-order valence-corrected chi connectivity index (χ3v) is 7.56. The van der Waals surface area contributed by atoms with Crippen LogP contribution in [-0.2, 0) is 30.6 Å². The maximum absolute atomic E-state index is 12.9. The van der Waals surface area contributed by atoms with Gasteiger partial charge in [-0.3, -0.25) is 9.59 Å². The van der Waals surface area contributed by atoms with Crippen molar-refractivity contribution < 1.29 is 22.7 Å². The molecule has 154 valence electrons. The van der Waals surface area contributed by atoms with Gasteiger partial charge in [-0.2, -0.15) is 0 Å². The molecule has 1 saturated heterocycles. The van der Waals surface area contributed by atoms with Gasteiger partial charge in [0.25, 0.3) is 5.91 Å². The zero-order valence-electron chi connectivity index (χ0n) is 16.4. The van der Waals surface area contributed by atoms with Crippen LogP contribution in [0.2, 0.25) is 0 Å². The average molecular weight is 408 g/mol. The van der Waals surface area contributed by atoms with Crippen LogP contribution in [0.1, 0.15) is 49.7 Å². The molecule has 28 heavy (non-hydrogen) atoms. The summed E-state index contributed by atoms with van der Waals surface area (Å²) in [6, 6.07) is 7.33. The van der Waals surface area contributed by atoms with E-state index in [1.807, 2.05) is 31.2 Å². The van der Waals surface area contributed by atoms with Crippen molar-refractivity contribution >= 4 is 21.7 Å². The molecule has 1 unspecified atom stereocenters. The predicted octanol–water partition coefficient (Wildman–Crippen LogP) is 2.43. The quantitative estimate of drug-likeness (QED) is 0.677. The Morgan fingerprint density at radius 2 is 1.79 bits per heavy atom. The number of esters is 1. The summed E-state index contributed by atoms with van der Waals surface area (Å²) in [4.78, 5) is 26.8. The molecule has 0 radical (unpaired) electrons. The van der Waals surface area contributed by atoms with Gasteiger partial charge in [0.2, 0.25) is 0 Å². The zero-order chi connectivity index (χ0) is 20.1. The van der Waals surface area contributed by atoms with Gasteiger partial charge in [-0.15, -0.1) is 0 Å². The lowest BCUT2D eigenvalue weighted by molar-refractivity contribution is -0.154. The second-order valence-electron chi connectivity index (χ2n) is 7.91. The Hall–Kier alpha value is -1.89. The predicted molar refractivity (Wildman–Crippen MR) is 107 cm³/mol. The number of sulfone groups is 1. The maximum atomic E-state index is 12.9. The molecule has 1 atom stereocenters. The van der Waals surface area contributed by atoms with Crippen molar-refractivity contribution in [2.75, 3.05) is 18.1 Å². The van der Waals surface area contributed by atoms with E-state index in [0.29, 0.717) is 6.42 Å². The molecule has 1 aliphatic carbocycles. The van der Waals surface area contributed by atoms with E-state index in [9.17, 15) is 18.0 Å². The number of hydrogen-bond donors (Lipinski definition) is 0.